The van der Waals surface area contributed by atoms with Crippen molar-refractivity contribution in [3.05, 3.63) is 84.4 Å². The zero-order valence-electron chi connectivity index (χ0n) is 22.2. The van der Waals surface area contributed by atoms with Crippen molar-refractivity contribution < 1.29 is 33.3 Å². The van der Waals surface area contributed by atoms with Crippen molar-refractivity contribution in [1.29, 1.82) is 0 Å². The number of hydrogen-bond donors (Lipinski definition) is 0. The Morgan fingerprint density at radius 1 is 0.921 bits per heavy atom. The van der Waals surface area contributed by atoms with Crippen molar-refractivity contribution in [3.63, 3.8) is 0 Å². The maximum absolute atomic E-state index is 12.7. The van der Waals surface area contributed by atoms with Crippen molar-refractivity contribution in [2.24, 2.45) is 0 Å². The number of hydrogen-bond acceptors (Lipinski definition) is 8. The van der Waals surface area contributed by atoms with E-state index in [9.17, 15) is 9.59 Å². The molecule has 38 heavy (non-hydrogen) atoms. The van der Waals surface area contributed by atoms with Gasteiger partial charge in [-0.15, -0.1) is 18.3 Å². The largest absolute Gasteiger partial charge is 0.456 e. The Kier molecular flexibility index (Phi) is 13.0. The Bertz CT molecular complexity index is 985. The molecule has 0 bridgehead atoms. The zero-order chi connectivity index (χ0) is 27.2. The lowest BCUT2D eigenvalue weighted by atomic mass is 9.99. The number of Topliss-reactive ketones (excluding diaryl/α,β-unsaturated/α-hetero) is 1. The van der Waals surface area contributed by atoms with E-state index >= 15 is 0 Å². The predicted octanol–water partition coefficient (Wildman–Crippen LogP) is 5.12. The molecule has 0 spiro atoms. The first-order valence-electron chi connectivity index (χ1n) is 13.0. The van der Waals surface area contributed by atoms with Crippen molar-refractivity contribution in [2.45, 2.75) is 69.8 Å². The molecule has 2 aromatic rings. The van der Waals surface area contributed by atoms with Gasteiger partial charge >= 0.3 is 5.97 Å². The number of thioether (sulfide) groups is 1. The van der Waals surface area contributed by atoms with Gasteiger partial charge in [-0.25, -0.2) is 0 Å². The molecular formula is C30H38O7S. The third-order valence-electron chi connectivity index (χ3n) is 5.96. The summed E-state index contributed by atoms with van der Waals surface area (Å²) in [5.41, 5.74) is 1.55. The summed E-state index contributed by atoms with van der Waals surface area (Å²) < 4.78 is 31.0. The maximum atomic E-state index is 12.7. The first kappa shape index (κ1) is 30.1. The van der Waals surface area contributed by atoms with Gasteiger partial charge in [0.2, 0.25) is 0 Å². The first-order chi connectivity index (χ1) is 18.5. The van der Waals surface area contributed by atoms with E-state index < -0.39 is 35.8 Å². The van der Waals surface area contributed by atoms with E-state index in [2.05, 4.69) is 6.58 Å². The van der Waals surface area contributed by atoms with Gasteiger partial charge in [-0.05, 0) is 23.8 Å². The molecule has 7 nitrogen and oxygen atoms in total. The third kappa shape index (κ3) is 9.67. The lowest BCUT2D eigenvalue weighted by Gasteiger charge is -2.45. The Morgan fingerprint density at radius 3 is 2.18 bits per heavy atom. The number of carbonyl (C=O) groups excluding carboxylic acids is 2. The molecule has 1 aliphatic heterocycles. The van der Waals surface area contributed by atoms with Crippen LogP contribution in [0, 0.1) is 0 Å². The van der Waals surface area contributed by atoms with Crippen LogP contribution in [0.2, 0.25) is 0 Å². The molecule has 0 radical (unpaired) electrons. The maximum Gasteiger partial charge on any atom is 0.306 e. The second-order valence-corrected chi connectivity index (χ2v) is 10.4. The highest BCUT2D eigenvalue weighted by Crippen LogP contribution is 2.35. The second kappa shape index (κ2) is 16.5. The summed E-state index contributed by atoms with van der Waals surface area (Å²) >= 11 is 1.53. The van der Waals surface area contributed by atoms with Crippen LogP contribution >= 0.6 is 11.8 Å². The highest BCUT2D eigenvalue weighted by atomic mass is 32.2. The molecule has 2 aromatic carbocycles. The van der Waals surface area contributed by atoms with E-state index in [0.717, 1.165) is 16.9 Å². The quantitative estimate of drug-likeness (QED) is 0.214. The molecule has 0 N–H and O–H groups in total. The Hall–Kier alpha value is -2.49. The molecule has 0 aliphatic carbocycles. The molecule has 5 atom stereocenters. The Labute approximate surface area is 229 Å². The average molecular weight is 543 g/mol. The summed E-state index contributed by atoms with van der Waals surface area (Å²) in [6.45, 7) is 8.54. The molecule has 0 unspecified atom stereocenters. The standard InChI is InChI=1S/C30H38O7S/c1-4-18-34-27-25(21-33-19-23-12-8-6-9-13-23)36-30(38-5-2)29(37-26(32)17-16-22(3)31)28(27)35-20-24-14-10-7-11-15-24/h4,6-15,25,27-30H,1,5,16-21H2,2-3H3/t25-,27+,28+,29-,30+/m1/s1. The van der Waals surface area contributed by atoms with Gasteiger partial charge < -0.3 is 28.5 Å². The molecule has 0 aromatic heterocycles. The van der Waals surface area contributed by atoms with E-state index in [1.54, 1.807) is 6.08 Å². The average Bonchev–Trinajstić information content (AvgIpc) is 2.92. The lowest BCUT2D eigenvalue weighted by Crippen LogP contribution is -2.61. The van der Waals surface area contributed by atoms with Gasteiger partial charge in [0, 0.05) is 6.42 Å². The summed E-state index contributed by atoms with van der Waals surface area (Å²) in [6.07, 6.45) is -0.607. The molecule has 3 rings (SSSR count). The minimum Gasteiger partial charge on any atom is -0.456 e. The smallest absolute Gasteiger partial charge is 0.306 e. The summed E-state index contributed by atoms with van der Waals surface area (Å²) in [5.74, 6) is 0.207. The molecular weight excluding hydrogens is 504 g/mol. The molecule has 1 heterocycles. The molecule has 206 valence electrons. The minimum absolute atomic E-state index is 0.00253. The van der Waals surface area contributed by atoms with Gasteiger partial charge in [0.05, 0.1) is 32.8 Å². The van der Waals surface area contributed by atoms with Gasteiger partial charge in [0.25, 0.3) is 0 Å². The summed E-state index contributed by atoms with van der Waals surface area (Å²) in [5, 5.41) is 0. The van der Waals surface area contributed by atoms with Crippen LogP contribution in [0.3, 0.4) is 0 Å². The zero-order valence-corrected chi connectivity index (χ0v) is 23.0. The van der Waals surface area contributed by atoms with Crippen molar-refractivity contribution in [2.75, 3.05) is 19.0 Å². The van der Waals surface area contributed by atoms with Gasteiger partial charge in [-0.2, -0.15) is 0 Å². The molecule has 1 aliphatic rings. The van der Waals surface area contributed by atoms with E-state index in [4.69, 9.17) is 23.7 Å². The van der Waals surface area contributed by atoms with Crippen LogP contribution in [0.5, 0.6) is 0 Å². The highest BCUT2D eigenvalue weighted by molar-refractivity contribution is 7.99. The molecule has 0 saturated carbocycles. The topological polar surface area (TPSA) is 80.3 Å². The molecule has 1 saturated heterocycles. The SMILES string of the molecule is C=CCO[C@@H]1[C@H](OCc2ccccc2)[C@@H](OC(=O)CCC(C)=O)[C@H](SCC)O[C@@H]1COCc1ccccc1. The van der Waals surface area contributed by atoms with Crippen LogP contribution in [-0.2, 0) is 46.5 Å². The van der Waals surface area contributed by atoms with E-state index in [1.165, 1.54) is 18.7 Å². The fourth-order valence-electron chi connectivity index (χ4n) is 4.13. The van der Waals surface area contributed by atoms with Crippen LogP contribution < -0.4 is 0 Å². The van der Waals surface area contributed by atoms with Crippen molar-refractivity contribution in [1.82, 2.24) is 0 Å². The van der Waals surface area contributed by atoms with Crippen molar-refractivity contribution in [3.8, 4) is 0 Å². The molecule has 1 fully saturated rings. The number of ketones is 1. The summed E-state index contributed by atoms with van der Waals surface area (Å²) in [4.78, 5) is 24.2. The van der Waals surface area contributed by atoms with E-state index in [1.807, 2.05) is 67.6 Å². The van der Waals surface area contributed by atoms with Crippen LogP contribution in [0.25, 0.3) is 0 Å². The van der Waals surface area contributed by atoms with E-state index in [0.29, 0.717) is 13.2 Å². The molecule has 0 amide bonds. The second-order valence-electron chi connectivity index (χ2n) is 9.00. The van der Waals surface area contributed by atoms with Gasteiger partial charge in [0.15, 0.2) is 6.10 Å². The summed E-state index contributed by atoms with van der Waals surface area (Å²) in [7, 11) is 0. The number of carbonyl (C=O) groups is 2. The van der Waals surface area contributed by atoms with Gasteiger partial charge in [-0.1, -0.05) is 73.7 Å². The fourth-order valence-corrected chi connectivity index (χ4v) is 5.08. The number of ether oxygens (including phenoxy) is 5. The van der Waals surface area contributed by atoms with Crippen LogP contribution in [-0.4, -0.2) is 60.6 Å². The minimum atomic E-state index is -0.733. The van der Waals surface area contributed by atoms with Crippen LogP contribution in [0.1, 0.15) is 37.8 Å². The monoisotopic (exact) mass is 542 g/mol. The Balaban J connectivity index is 1.83. The number of esters is 1. The predicted molar refractivity (Wildman–Crippen MR) is 148 cm³/mol. The first-order valence-corrected chi connectivity index (χ1v) is 14.0. The molecule has 8 heteroatoms. The summed E-state index contributed by atoms with van der Waals surface area (Å²) in [6, 6.07) is 19.7. The number of rotatable bonds is 16. The fraction of sp³-hybridized carbons (Fsp3) is 0.467. The van der Waals surface area contributed by atoms with Gasteiger partial charge in [0.1, 0.15) is 29.5 Å². The third-order valence-corrected chi connectivity index (χ3v) is 7.00. The van der Waals surface area contributed by atoms with Crippen LogP contribution in [0.15, 0.2) is 73.3 Å². The normalized spacial score (nSPS) is 23.1. The lowest BCUT2D eigenvalue weighted by molar-refractivity contribution is -0.245. The Morgan fingerprint density at radius 2 is 1.58 bits per heavy atom. The van der Waals surface area contributed by atoms with Gasteiger partial charge in [-0.3, -0.25) is 4.79 Å². The van der Waals surface area contributed by atoms with E-state index in [-0.39, 0.29) is 31.8 Å². The van der Waals surface area contributed by atoms with Crippen LogP contribution in [0.4, 0.5) is 0 Å². The van der Waals surface area contributed by atoms with Crippen molar-refractivity contribution >= 4 is 23.5 Å². The number of benzene rings is 2. The highest BCUT2D eigenvalue weighted by Gasteiger charge is 2.49.